The van der Waals surface area contributed by atoms with Crippen molar-refractivity contribution in [1.82, 2.24) is 10.6 Å². The van der Waals surface area contributed by atoms with Gasteiger partial charge in [-0.3, -0.25) is 4.79 Å². The summed E-state index contributed by atoms with van der Waals surface area (Å²) in [6, 6.07) is 2.21. The van der Waals surface area contributed by atoms with E-state index < -0.39 is 5.97 Å². The molecule has 5 nitrogen and oxygen atoms in total. The molecule has 0 bridgehead atoms. The first-order valence-electron chi connectivity index (χ1n) is 7.99. The molecule has 1 heterocycles. The van der Waals surface area contributed by atoms with Crippen molar-refractivity contribution >= 4 is 23.3 Å². The molecule has 120 valence electrons. The minimum absolute atomic E-state index is 0.0983. The number of rotatable bonds is 3. The van der Waals surface area contributed by atoms with E-state index in [1.165, 1.54) is 10.4 Å². The molecular formula is C16H22N2O3S. The molecule has 2 aliphatic rings. The van der Waals surface area contributed by atoms with Gasteiger partial charge in [-0.25, -0.2) is 4.79 Å². The van der Waals surface area contributed by atoms with Crippen molar-refractivity contribution in [2.24, 2.45) is 5.92 Å². The highest BCUT2D eigenvalue weighted by atomic mass is 32.1. The van der Waals surface area contributed by atoms with Crippen LogP contribution in [0.2, 0.25) is 0 Å². The molecule has 0 aliphatic heterocycles. The van der Waals surface area contributed by atoms with Crippen molar-refractivity contribution in [1.29, 1.82) is 0 Å². The van der Waals surface area contributed by atoms with Gasteiger partial charge in [-0.1, -0.05) is 0 Å². The predicted molar refractivity (Wildman–Crippen MR) is 85.0 cm³/mol. The fourth-order valence-corrected chi connectivity index (χ4v) is 4.49. The van der Waals surface area contributed by atoms with Gasteiger partial charge in [0.15, 0.2) is 0 Å². The zero-order valence-electron chi connectivity index (χ0n) is 12.5. The zero-order chi connectivity index (χ0) is 15.5. The minimum Gasteiger partial charge on any atom is -0.481 e. The van der Waals surface area contributed by atoms with E-state index in [-0.39, 0.29) is 24.0 Å². The third kappa shape index (κ3) is 3.43. The Balaban J connectivity index is 1.49. The monoisotopic (exact) mass is 322 g/mol. The summed E-state index contributed by atoms with van der Waals surface area (Å²) in [5.41, 5.74) is 1.26. The van der Waals surface area contributed by atoms with Gasteiger partial charge in [0.05, 0.1) is 12.0 Å². The maximum atomic E-state index is 12.2. The molecule has 0 spiro atoms. The SMILES string of the molecule is O=C(NC1CCC(C(=O)O)CC1)NC1CCCc2sccc21. The largest absolute Gasteiger partial charge is 0.481 e. The number of hydrogen-bond acceptors (Lipinski definition) is 3. The van der Waals surface area contributed by atoms with Crippen LogP contribution in [-0.4, -0.2) is 23.1 Å². The number of carboxylic acids is 1. The van der Waals surface area contributed by atoms with Gasteiger partial charge in [0.25, 0.3) is 0 Å². The van der Waals surface area contributed by atoms with Crippen LogP contribution < -0.4 is 10.6 Å². The molecule has 0 radical (unpaired) electrons. The van der Waals surface area contributed by atoms with Crippen LogP contribution in [-0.2, 0) is 11.2 Å². The fourth-order valence-electron chi connectivity index (χ4n) is 3.51. The van der Waals surface area contributed by atoms with Crippen molar-refractivity contribution < 1.29 is 14.7 Å². The van der Waals surface area contributed by atoms with Crippen molar-refractivity contribution in [3.8, 4) is 0 Å². The molecule has 3 N–H and O–H groups in total. The van der Waals surface area contributed by atoms with E-state index in [0.717, 1.165) is 32.1 Å². The predicted octanol–water partition coefficient (Wildman–Crippen LogP) is 3.07. The van der Waals surface area contributed by atoms with Gasteiger partial charge in [-0.2, -0.15) is 0 Å². The summed E-state index contributed by atoms with van der Waals surface area (Å²) in [5.74, 6) is -0.956. The number of carbonyl (C=O) groups excluding carboxylic acids is 1. The number of aryl methyl sites for hydroxylation is 1. The highest BCUT2D eigenvalue weighted by Gasteiger charge is 2.28. The lowest BCUT2D eigenvalue weighted by molar-refractivity contribution is -0.142. The van der Waals surface area contributed by atoms with Gasteiger partial charge in [0.2, 0.25) is 0 Å². The zero-order valence-corrected chi connectivity index (χ0v) is 13.3. The van der Waals surface area contributed by atoms with Crippen molar-refractivity contribution in [2.45, 2.75) is 57.0 Å². The van der Waals surface area contributed by atoms with Crippen LogP contribution >= 0.6 is 11.3 Å². The van der Waals surface area contributed by atoms with Crippen LogP contribution in [0, 0.1) is 5.92 Å². The highest BCUT2D eigenvalue weighted by Crippen LogP contribution is 2.33. The standard InChI is InChI=1S/C16H22N2O3S/c19-15(20)10-4-6-11(7-5-10)17-16(21)18-13-2-1-3-14-12(13)8-9-22-14/h8-11,13H,1-7H2,(H,19,20)(H2,17,18,21). The molecule has 2 amide bonds. The molecule has 1 aromatic heterocycles. The number of fused-ring (bicyclic) bond motifs is 1. The van der Waals surface area contributed by atoms with Gasteiger partial charge < -0.3 is 15.7 Å². The van der Waals surface area contributed by atoms with Crippen molar-refractivity contribution in [2.75, 3.05) is 0 Å². The molecule has 6 heteroatoms. The van der Waals surface area contributed by atoms with Gasteiger partial charge >= 0.3 is 12.0 Å². The van der Waals surface area contributed by atoms with Crippen molar-refractivity contribution in [3.05, 3.63) is 21.9 Å². The Hall–Kier alpha value is -1.56. The van der Waals surface area contributed by atoms with Crippen LogP contribution in [0.3, 0.4) is 0 Å². The molecule has 2 aliphatic carbocycles. The fraction of sp³-hybridized carbons (Fsp3) is 0.625. The number of carbonyl (C=O) groups is 2. The second kappa shape index (κ2) is 6.69. The lowest BCUT2D eigenvalue weighted by Crippen LogP contribution is -2.45. The van der Waals surface area contributed by atoms with Crippen molar-refractivity contribution in [3.63, 3.8) is 0 Å². The van der Waals surface area contributed by atoms with E-state index in [1.54, 1.807) is 11.3 Å². The second-order valence-corrected chi connectivity index (χ2v) is 7.25. The van der Waals surface area contributed by atoms with Crippen LogP contribution in [0.1, 0.15) is 55.0 Å². The van der Waals surface area contributed by atoms with E-state index in [9.17, 15) is 9.59 Å². The lowest BCUT2D eigenvalue weighted by Gasteiger charge is -2.29. The summed E-state index contributed by atoms with van der Waals surface area (Å²) >= 11 is 1.77. The van der Waals surface area contributed by atoms with Gasteiger partial charge in [-0.05, 0) is 62.0 Å². The molecule has 1 aromatic rings. The first-order chi connectivity index (χ1) is 10.6. The van der Waals surface area contributed by atoms with Crippen LogP contribution in [0.15, 0.2) is 11.4 Å². The maximum absolute atomic E-state index is 12.2. The summed E-state index contributed by atoms with van der Waals surface area (Å²) in [4.78, 5) is 24.5. The number of hydrogen-bond donors (Lipinski definition) is 3. The molecule has 3 rings (SSSR count). The Morgan fingerprint density at radius 1 is 1.14 bits per heavy atom. The molecule has 22 heavy (non-hydrogen) atoms. The number of aliphatic carboxylic acids is 1. The van der Waals surface area contributed by atoms with Gasteiger partial charge in [0.1, 0.15) is 0 Å². The van der Waals surface area contributed by atoms with E-state index in [1.807, 2.05) is 0 Å². The maximum Gasteiger partial charge on any atom is 0.315 e. The number of amides is 2. The summed E-state index contributed by atoms with van der Waals surface area (Å²) in [7, 11) is 0. The van der Waals surface area contributed by atoms with E-state index in [4.69, 9.17) is 5.11 Å². The van der Waals surface area contributed by atoms with Gasteiger partial charge in [-0.15, -0.1) is 11.3 Å². The highest BCUT2D eigenvalue weighted by molar-refractivity contribution is 7.10. The lowest BCUT2D eigenvalue weighted by atomic mass is 9.86. The first-order valence-corrected chi connectivity index (χ1v) is 8.87. The van der Waals surface area contributed by atoms with E-state index in [0.29, 0.717) is 12.8 Å². The Kier molecular flexibility index (Phi) is 4.66. The number of thiophene rings is 1. The summed E-state index contributed by atoms with van der Waals surface area (Å²) in [6.45, 7) is 0. The summed E-state index contributed by atoms with van der Waals surface area (Å²) in [6.07, 6.45) is 6.02. The smallest absolute Gasteiger partial charge is 0.315 e. The van der Waals surface area contributed by atoms with E-state index >= 15 is 0 Å². The Morgan fingerprint density at radius 2 is 1.91 bits per heavy atom. The van der Waals surface area contributed by atoms with Crippen LogP contribution in [0.5, 0.6) is 0 Å². The molecule has 1 atom stereocenters. The number of urea groups is 1. The quantitative estimate of drug-likeness (QED) is 0.800. The molecule has 0 aromatic carbocycles. The molecule has 1 fully saturated rings. The van der Waals surface area contributed by atoms with E-state index in [2.05, 4.69) is 22.1 Å². The number of nitrogens with one attached hydrogen (secondary N) is 2. The minimum atomic E-state index is -0.713. The normalized spacial score (nSPS) is 27.7. The van der Waals surface area contributed by atoms with Gasteiger partial charge in [0, 0.05) is 10.9 Å². The first kappa shape index (κ1) is 15.3. The summed E-state index contributed by atoms with van der Waals surface area (Å²) < 4.78 is 0. The molecule has 1 unspecified atom stereocenters. The topological polar surface area (TPSA) is 78.4 Å². The Bertz CT molecular complexity index is 549. The third-order valence-corrected chi connectivity index (χ3v) is 5.77. The average Bonchev–Trinajstić information content (AvgIpc) is 2.97. The summed E-state index contributed by atoms with van der Waals surface area (Å²) in [5, 5.41) is 17.2. The number of carboxylic acid groups (broad SMARTS) is 1. The average molecular weight is 322 g/mol. The molecule has 0 saturated heterocycles. The molecule has 1 saturated carbocycles. The Labute approximate surface area is 134 Å². The van der Waals surface area contributed by atoms with Crippen LogP contribution in [0.4, 0.5) is 4.79 Å². The molecular weight excluding hydrogens is 300 g/mol. The van der Waals surface area contributed by atoms with Crippen LogP contribution in [0.25, 0.3) is 0 Å². The Morgan fingerprint density at radius 3 is 2.64 bits per heavy atom. The third-order valence-electron chi connectivity index (χ3n) is 4.77. The second-order valence-electron chi connectivity index (χ2n) is 6.25.